The summed E-state index contributed by atoms with van der Waals surface area (Å²) in [6, 6.07) is 9.37. The summed E-state index contributed by atoms with van der Waals surface area (Å²) in [4.78, 5) is 12.0. The predicted octanol–water partition coefficient (Wildman–Crippen LogP) is 3.36. The van der Waals surface area contributed by atoms with Crippen molar-refractivity contribution in [3.8, 4) is 5.75 Å². The van der Waals surface area contributed by atoms with Crippen molar-refractivity contribution < 1.29 is 13.9 Å². The molecule has 2 aromatic rings. The quantitative estimate of drug-likeness (QED) is 0.835. The molecule has 0 saturated carbocycles. The van der Waals surface area contributed by atoms with Gasteiger partial charge in [0.2, 0.25) is 0 Å². The summed E-state index contributed by atoms with van der Waals surface area (Å²) in [6.07, 6.45) is 0. The smallest absolute Gasteiger partial charge is 0.287 e. The van der Waals surface area contributed by atoms with E-state index in [4.69, 9.17) is 14.9 Å². The number of amides is 1. The first kappa shape index (κ1) is 20.1. The standard InChI is InChI=1S/C18H24N2O3.ClH/c1-12-5-7-15(13(2)9-12)22-10-14-6-8-16(23-14)17(21)20-11-18(3,4)19;/h5-9H,10-11,19H2,1-4H3,(H,20,21);1H. The average molecular weight is 353 g/mol. The Balaban J connectivity index is 0.00000288. The monoisotopic (exact) mass is 352 g/mol. The highest BCUT2D eigenvalue weighted by atomic mass is 35.5. The number of aryl methyl sites for hydroxylation is 2. The van der Waals surface area contributed by atoms with E-state index in [1.165, 1.54) is 5.56 Å². The molecule has 132 valence electrons. The highest BCUT2D eigenvalue weighted by Gasteiger charge is 2.16. The molecular formula is C18H25ClN2O3. The summed E-state index contributed by atoms with van der Waals surface area (Å²) in [5.74, 6) is 1.39. The number of rotatable bonds is 6. The lowest BCUT2D eigenvalue weighted by molar-refractivity contribution is 0.0914. The van der Waals surface area contributed by atoms with E-state index < -0.39 is 5.54 Å². The molecule has 0 aliphatic heterocycles. The molecule has 0 unspecified atom stereocenters. The largest absolute Gasteiger partial charge is 0.485 e. The average Bonchev–Trinajstić information content (AvgIpc) is 2.92. The summed E-state index contributed by atoms with van der Waals surface area (Å²) in [5, 5.41) is 2.74. The first-order valence-electron chi connectivity index (χ1n) is 7.60. The van der Waals surface area contributed by atoms with Gasteiger partial charge in [0.05, 0.1) is 0 Å². The molecule has 0 fully saturated rings. The molecular weight excluding hydrogens is 328 g/mol. The molecule has 5 nitrogen and oxygen atoms in total. The Labute approximate surface area is 149 Å². The highest BCUT2D eigenvalue weighted by Crippen LogP contribution is 2.20. The van der Waals surface area contributed by atoms with Crippen LogP contribution in [0.1, 0.15) is 41.3 Å². The van der Waals surface area contributed by atoms with Gasteiger partial charge in [0.15, 0.2) is 5.76 Å². The summed E-state index contributed by atoms with van der Waals surface area (Å²) >= 11 is 0. The number of nitrogens with one attached hydrogen (secondary N) is 1. The number of furan rings is 1. The van der Waals surface area contributed by atoms with Gasteiger partial charge in [0.25, 0.3) is 5.91 Å². The number of halogens is 1. The van der Waals surface area contributed by atoms with E-state index in [2.05, 4.69) is 11.4 Å². The Kier molecular flexibility index (Phi) is 6.87. The molecule has 0 atom stereocenters. The van der Waals surface area contributed by atoms with Gasteiger partial charge in [-0.3, -0.25) is 4.79 Å². The lowest BCUT2D eigenvalue weighted by Crippen LogP contribution is -2.45. The zero-order valence-corrected chi connectivity index (χ0v) is 15.3. The van der Waals surface area contributed by atoms with Crippen LogP contribution in [0.4, 0.5) is 0 Å². The Morgan fingerprint density at radius 2 is 1.96 bits per heavy atom. The second kappa shape index (κ2) is 8.22. The summed E-state index contributed by atoms with van der Waals surface area (Å²) < 4.78 is 11.3. The molecule has 0 saturated heterocycles. The molecule has 1 aromatic heterocycles. The van der Waals surface area contributed by atoms with Gasteiger partial charge in [-0.2, -0.15) is 0 Å². The van der Waals surface area contributed by atoms with Gasteiger partial charge < -0.3 is 20.2 Å². The maximum absolute atomic E-state index is 12.0. The van der Waals surface area contributed by atoms with E-state index >= 15 is 0 Å². The lowest BCUT2D eigenvalue weighted by Gasteiger charge is -2.18. The molecule has 6 heteroatoms. The summed E-state index contributed by atoms with van der Waals surface area (Å²) in [5.41, 5.74) is 7.64. The second-order valence-corrected chi connectivity index (χ2v) is 6.49. The fourth-order valence-corrected chi connectivity index (χ4v) is 2.08. The maximum atomic E-state index is 12.0. The van der Waals surface area contributed by atoms with Crippen molar-refractivity contribution in [2.24, 2.45) is 5.73 Å². The minimum Gasteiger partial charge on any atom is -0.485 e. The molecule has 0 aliphatic rings. The predicted molar refractivity (Wildman–Crippen MR) is 96.8 cm³/mol. The summed E-state index contributed by atoms with van der Waals surface area (Å²) in [7, 11) is 0. The van der Waals surface area contributed by atoms with Gasteiger partial charge in [0.1, 0.15) is 18.1 Å². The Hall–Kier alpha value is -1.98. The van der Waals surface area contributed by atoms with Gasteiger partial charge >= 0.3 is 0 Å². The Morgan fingerprint density at radius 3 is 2.58 bits per heavy atom. The topological polar surface area (TPSA) is 77.5 Å². The van der Waals surface area contributed by atoms with Crippen molar-refractivity contribution in [3.05, 3.63) is 53.0 Å². The third-order valence-corrected chi connectivity index (χ3v) is 3.29. The van der Waals surface area contributed by atoms with Crippen LogP contribution < -0.4 is 15.8 Å². The van der Waals surface area contributed by atoms with Gasteiger partial charge in [-0.15, -0.1) is 12.4 Å². The van der Waals surface area contributed by atoms with E-state index in [1.807, 2.05) is 39.8 Å². The SMILES string of the molecule is Cc1ccc(OCc2ccc(C(=O)NCC(C)(C)N)o2)c(C)c1.Cl. The van der Waals surface area contributed by atoms with E-state index in [0.717, 1.165) is 11.3 Å². The molecule has 0 bridgehead atoms. The third-order valence-electron chi connectivity index (χ3n) is 3.29. The number of hydrogen-bond donors (Lipinski definition) is 2. The minimum absolute atomic E-state index is 0. The lowest BCUT2D eigenvalue weighted by atomic mass is 10.1. The normalized spacial score (nSPS) is 10.9. The molecule has 2 rings (SSSR count). The first-order valence-corrected chi connectivity index (χ1v) is 7.60. The number of carbonyl (C=O) groups excluding carboxylic acids is 1. The van der Waals surface area contributed by atoms with Gasteiger partial charge in [-0.25, -0.2) is 0 Å². The van der Waals surface area contributed by atoms with Crippen LogP contribution in [0.5, 0.6) is 5.75 Å². The van der Waals surface area contributed by atoms with Crippen molar-refractivity contribution in [3.63, 3.8) is 0 Å². The van der Waals surface area contributed by atoms with Crippen molar-refractivity contribution in [2.45, 2.75) is 39.8 Å². The summed E-state index contributed by atoms with van der Waals surface area (Å²) in [6.45, 7) is 8.38. The number of hydrogen-bond acceptors (Lipinski definition) is 4. The first-order chi connectivity index (χ1) is 10.7. The molecule has 0 spiro atoms. The van der Waals surface area contributed by atoms with Crippen LogP contribution in [-0.2, 0) is 6.61 Å². The van der Waals surface area contributed by atoms with Crippen molar-refractivity contribution >= 4 is 18.3 Å². The number of benzene rings is 1. The molecule has 1 amide bonds. The number of nitrogens with two attached hydrogens (primary N) is 1. The fourth-order valence-electron chi connectivity index (χ4n) is 2.08. The van der Waals surface area contributed by atoms with Crippen LogP contribution in [0, 0.1) is 13.8 Å². The van der Waals surface area contributed by atoms with E-state index in [1.54, 1.807) is 12.1 Å². The second-order valence-electron chi connectivity index (χ2n) is 6.49. The van der Waals surface area contributed by atoms with Gasteiger partial charge in [-0.1, -0.05) is 17.7 Å². The molecule has 1 aromatic carbocycles. The van der Waals surface area contributed by atoms with Gasteiger partial charge in [-0.05, 0) is 51.5 Å². The van der Waals surface area contributed by atoms with Crippen LogP contribution in [0.15, 0.2) is 34.7 Å². The van der Waals surface area contributed by atoms with E-state index in [-0.39, 0.29) is 30.7 Å². The Morgan fingerprint density at radius 1 is 1.25 bits per heavy atom. The third kappa shape index (κ3) is 5.91. The zero-order valence-electron chi connectivity index (χ0n) is 14.5. The number of carbonyl (C=O) groups is 1. The van der Waals surface area contributed by atoms with E-state index in [0.29, 0.717) is 12.3 Å². The highest BCUT2D eigenvalue weighted by molar-refractivity contribution is 5.91. The van der Waals surface area contributed by atoms with Crippen LogP contribution in [0.25, 0.3) is 0 Å². The Bertz CT molecular complexity index is 690. The minimum atomic E-state index is -0.461. The molecule has 24 heavy (non-hydrogen) atoms. The zero-order chi connectivity index (χ0) is 17.0. The van der Waals surface area contributed by atoms with E-state index in [9.17, 15) is 4.79 Å². The van der Waals surface area contributed by atoms with Crippen molar-refractivity contribution in [1.29, 1.82) is 0 Å². The fraction of sp³-hybridized carbons (Fsp3) is 0.389. The molecule has 0 aliphatic carbocycles. The van der Waals surface area contributed by atoms with Crippen LogP contribution >= 0.6 is 12.4 Å². The maximum Gasteiger partial charge on any atom is 0.287 e. The van der Waals surface area contributed by atoms with Gasteiger partial charge in [0, 0.05) is 12.1 Å². The van der Waals surface area contributed by atoms with Crippen LogP contribution in [0.2, 0.25) is 0 Å². The van der Waals surface area contributed by atoms with Crippen molar-refractivity contribution in [1.82, 2.24) is 5.32 Å². The molecule has 1 heterocycles. The number of ether oxygens (including phenoxy) is 1. The van der Waals surface area contributed by atoms with Crippen LogP contribution in [-0.4, -0.2) is 18.0 Å². The van der Waals surface area contributed by atoms with Crippen molar-refractivity contribution in [2.75, 3.05) is 6.54 Å². The molecule has 0 radical (unpaired) electrons. The molecule has 3 N–H and O–H groups in total. The van der Waals surface area contributed by atoms with Crippen LogP contribution in [0.3, 0.4) is 0 Å².